The molecule has 0 spiro atoms. The molecule has 170 valence electrons. The van der Waals surface area contributed by atoms with Gasteiger partial charge in [-0.1, -0.05) is 61.2 Å². The van der Waals surface area contributed by atoms with Gasteiger partial charge < -0.3 is 4.90 Å². The number of aromatic nitrogens is 4. The second-order valence-electron chi connectivity index (χ2n) is 8.78. The minimum atomic E-state index is -0.293. The van der Waals surface area contributed by atoms with E-state index in [2.05, 4.69) is 17.1 Å². The Morgan fingerprint density at radius 3 is 2.52 bits per heavy atom. The Morgan fingerprint density at radius 1 is 1.06 bits per heavy atom. The highest BCUT2D eigenvalue weighted by Crippen LogP contribution is 2.27. The number of thioether (sulfide) groups is 1. The largest absolute Gasteiger partial charge is 0.342 e. The van der Waals surface area contributed by atoms with Crippen molar-refractivity contribution in [3.63, 3.8) is 0 Å². The molecule has 1 aliphatic rings. The van der Waals surface area contributed by atoms with E-state index in [0.717, 1.165) is 37.0 Å². The van der Waals surface area contributed by atoms with Crippen LogP contribution in [0.3, 0.4) is 0 Å². The predicted octanol–water partition coefficient (Wildman–Crippen LogP) is 3.83. The fraction of sp³-hybridized carbons (Fsp3) is 0.360. The van der Waals surface area contributed by atoms with Crippen LogP contribution >= 0.6 is 11.8 Å². The van der Waals surface area contributed by atoms with Crippen LogP contribution < -0.4 is 5.56 Å². The van der Waals surface area contributed by atoms with Gasteiger partial charge in [0, 0.05) is 13.1 Å². The summed E-state index contributed by atoms with van der Waals surface area (Å²) < 4.78 is 3.57. The zero-order chi connectivity index (χ0) is 22.9. The van der Waals surface area contributed by atoms with E-state index in [1.165, 1.54) is 11.8 Å². The number of hydrogen-bond donors (Lipinski definition) is 0. The lowest BCUT2D eigenvalue weighted by atomic mass is 9.99. The maximum Gasteiger partial charge on any atom is 0.263 e. The molecule has 0 aliphatic carbocycles. The van der Waals surface area contributed by atoms with E-state index in [9.17, 15) is 9.59 Å². The second-order valence-corrected chi connectivity index (χ2v) is 10.1. The SMILES string of the molecule is CC1CCN(C(=O)C(C)Sc2nnc3n(Cc4ccccc4)c(=O)c4ccccc4n23)CC1. The van der Waals surface area contributed by atoms with Gasteiger partial charge in [-0.05, 0) is 43.4 Å². The Hall–Kier alpha value is -3.13. The third-order valence-electron chi connectivity index (χ3n) is 6.39. The van der Waals surface area contributed by atoms with Crippen LogP contribution in [-0.2, 0) is 11.3 Å². The van der Waals surface area contributed by atoms with E-state index < -0.39 is 0 Å². The number of nitrogens with zero attached hydrogens (tertiary/aromatic N) is 5. The third-order valence-corrected chi connectivity index (χ3v) is 7.42. The molecule has 0 bridgehead atoms. The first-order valence-corrected chi connectivity index (χ1v) is 12.3. The molecule has 4 aromatic rings. The molecule has 3 heterocycles. The molecule has 5 rings (SSSR count). The standard InChI is InChI=1S/C25H27N5O2S/c1-17-12-14-28(15-13-17)22(31)18(2)33-25-27-26-24-29(16-19-8-4-3-5-9-19)23(32)20-10-6-7-11-21(20)30(24)25/h3-11,17-18H,12-16H2,1-2H3. The van der Waals surface area contributed by atoms with Crippen molar-refractivity contribution >= 4 is 34.3 Å². The Kier molecular flexibility index (Phi) is 5.93. The maximum absolute atomic E-state index is 13.3. The quantitative estimate of drug-likeness (QED) is 0.423. The number of likely N-dealkylation sites (tertiary alicyclic amines) is 1. The lowest BCUT2D eigenvalue weighted by Crippen LogP contribution is -2.41. The zero-order valence-corrected chi connectivity index (χ0v) is 19.7. The maximum atomic E-state index is 13.3. The molecule has 7 nitrogen and oxygen atoms in total. The average Bonchev–Trinajstić information content (AvgIpc) is 3.26. The van der Waals surface area contributed by atoms with Gasteiger partial charge in [-0.2, -0.15) is 0 Å². The highest BCUT2D eigenvalue weighted by atomic mass is 32.2. The van der Waals surface area contributed by atoms with Crippen molar-refractivity contribution in [1.29, 1.82) is 0 Å². The number of fused-ring (bicyclic) bond motifs is 3. The monoisotopic (exact) mass is 461 g/mol. The minimum absolute atomic E-state index is 0.0996. The van der Waals surface area contributed by atoms with Gasteiger partial charge in [0.05, 0.1) is 22.7 Å². The van der Waals surface area contributed by atoms with Crippen molar-refractivity contribution in [3.05, 3.63) is 70.5 Å². The van der Waals surface area contributed by atoms with E-state index in [0.29, 0.717) is 28.8 Å². The van der Waals surface area contributed by atoms with Crippen LogP contribution in [0.25, 0.3) is 16.7 Å². The Balaban J connectivity index is 1.54. The Labute approximate surface area is 196 Å². The van der Waals surface area contributed by atoms with Crippen molar-refractivity contribution in [2.24, 2.45) is 5.92 Å². The van der Waals surface area contributed by atoms with Crippen molar-refractivity contribution in [1.82, 2.24) is 24.1 Å². The molecule has 0 saturated carbocycles. The van der Waals surface area contributed by atoms with Crippen LogP contribution in [0.1, 0.15) is 32.3 Å². The van der Waals surface area contributed by atoms with Crippen molar-refractivity contribution in [2.45, 2.75) is 43.6 Å². The van der Waals surface area contributed by atoms with Crippen molar-refractivity contribution in [3.8, 4) is 0 Å². The van der Waals surface area contributed by atoms with Gasteiger partial charge in [-0.3, -0.25) is 18.6 Å². The van der Waals surface area contributed by atoms with Crippen LogP contribution in [-0.4, -0.2) is 48.3 Å². The average molecular weight is 462 g/mol. The summed E-state index contributed by atoms with van der Waals surface area (Å²) in [6.07, 6.45) is 2.10. The van der Waals surface area contributed by atoms with Crippen LogP contribution in [0, 0.1) is 5.92 Å². The molecular formula is C25H27N5O2S. The topological polar surface area (TPSA) is 72.5 Å². The normalized spacial score (nSPS) is 15.9. The lowest BCUT2D eigenvalue weighted by molar-refractivity contribution is -0.131. The van der Waals surface area contributed by atoms with E-state index in [1.54, 1.807) is 4.57 Å². The highest BCUT2D eigenvalue weighted by Gasteiger charge is 2.27. The van der Waals surface area contributed by atoms with Gasteiger partial charge >= 0.3 is 0 Å². The molecule has 1 fully saturated rings. The summed E-state index contributed by atoms with van der Waals surface area (Å²) >= 11 is 1.40. The number of hydrogen-bond acceptors (Lipinski definition) is 5. The summed E-state index contributed by atoms with van der Waals surface area (Å²) in [4.78, 5) is 28.4. The van der Waals surface area contributed by atoms with Crippen LogP contribution in [0.5, 0.6) is 0 Å². The molecule has 1 atom stereocenters. The molecule has 1 aliphatic heterocycles. The molecule has 1 unspecified atom stereocenters. The van der Waals surface area contributed by atoms with Gasteiger partial charge in [0.1, 0.15) is 0 Å². The summed E-state index contributed by atoms with van der Waals surface area (Å²) in [5.74, 6) is 1.28. The molecule has 33 heavy (non-hydrogen) atoms. The van der Waals surface area contributed by atoms with E-state index in [4.69, 9.17) is 0 Å². The molecule has 1 saturated heterocycles. The highest BCUT2D eigenvalue weighted by molar-refractivity contribution is 8.00. The first-order chi connectivity index (χ1) is 16.0. The summed E-state index contributed by atoms with van der Waals surface area (Å²) in [5.41, 5.74) is 1.66. The lowest BCUT2D eigenvalue weighted by Gasteiger charge is -2.31. The molecule has 1 amide bonds. The van der Waals surface area contributed by atoms with Crippen molar-refractivity contribution < 1.29 is 4.79 Å². The number of rotatable bonds is 5. The number of carbonyl (C=O) groups is 1. The summed E-state index contributed by atoms with van der Waals surface area (Å²) in [6.45, 7) is 6.18. The molecule has 2 aromatic carbocycles. The Bertz CT molecular complexity index is 1360. The number of carbonyl (C=O) groups excluding carboxylic acids is 1. The minimum Gasteiger partial charge on any atom is -0.342 e. The summed E-state index contributed by atoms with van der Waals surface area (Å²) in [7, 11) is 0. The molecule has 0 N–H and O–H groups in total. The number of benzene rings is 2. The smallest absolute Gasteiger partial charge is 0.263 e. The van der Waals surface area contributed by atoms with Crippen LogP contribution in [0.4, 0.5) is 0 Å². The van der Waals surface area contributed by atoms with E-state index >= 15 is 0 Å². The molecule has 2 aromatic heterocycles. The number of para-hydroxylation sites is 1. The summed E-state index contributed by atoms with van der Waals surface area (Å²) in [5, 5.41) is 9.74. The second kappa shape index (κ2) is 9.02. The van der Waals surface area contributed by atoms with Crippen LogP contribution in [0.2, 0.25) is 0 Å². The van der Waals surface area contributed by atoms with Gasteiger partial charge in [-0.15, -0.1) is 10.2 Å². The number of piperidine rings is 1. The molecular weight excluding hydrogens is 434 g/mol. The van der Waals surface area contributed by atoms with Gasteiger partial charge in [0.15, 0.2) is 5.16 Å². The molecule has 0 radical (unpaired) electrons. The van der Waals surface area contributed by atoms with Gasteiger partial charge in [0.2, 0.25) is 11.7 Å². The fourth-order valence-electron chi connectivity index (χ4n) is 4.41. The van der Waals surface area contributed by atoms with E-state index in [-0.39, 0.29) is 16.7 Å². The first-order valence-electron chi connectivity index (χ1n) is 11.4. The molecule has 8 heteroatoms. The fourth-order valence-corrected chi connectivity index (χ4v) is 5.35. The first kappa shape index (κ1) is 21.7. The van der Waals surface area contributed by atoms with Crippen LogP contribution in [0.15, 0.2) is 64.5 Å². The zero-order valence-electron chi connectivity index (χ0n) is 18.8. The summed E-state index contributed by atoms with van der Waals surface area (Å²) in [6, 6.07) is 17.4. The third kappa shape index (κ3) is 4.15. The van der Waals surface area contributed by atoms with E-state index in [1.807, 2.05) is 70.8 Å². The Morgan fingerprint density at radius 2 is 1.76 bits per heavy atom. The van der Waals surface area contributed by atoms with Gasteiger partial charge in [0.25, 0.3) is 5.56 Å². The number of amides is 1. The van der Waals surface area contributed by atoms with Crippen molar-refractivity contribution in [2.75, 3.05) is 13.1 Å². The predicted molar refractivity (Wildman–Crippen MR) is 131 cm³/mol. The van der Waals surface area contributed by atoms with Gasteiger partial charge in [-0.25, -0.2) is 0 Å².